The van der Waals surface area contributed by atoms with Crippen molar-refractivity contribution in [3.63, 3.8) is 0 Å². The van der Waals surface area contributed by atoms with Crippen molar-refractivity contribution in [3.05, 3.63) is 42.0 Å². The topological polar surface area (TPSA) is 48.9 Å². The minimum Gasteiger partial charge on any atom is -0.392 e. The van der Waals surface area contributed by atoms with Crippen LogP contribution in [0.5, 0.6) is 0 Å². The fourth-order valence-electron chi connectivity index (χ4n) is 1.20. The van der Waals surface area contributed by atoms with Crippen molar-refractivity contribution in [2.24, 2.45) is 0 Å². The molecule has 15 heavy (non-hydrogen) atoms. The number of nitrogens with one attached hydrogen (secondary N) is 1. The predicted octanol–water partition coefficient (Wildman–Crippen LogP) is 2.19. The Morgan fingerprint density at radius 1 is 1.47 bits per heavy atom. The van der Waals surface area contributed by atoms with Crippen LogP contribution in [0.2, 0.25) is 0 Å². The van der Waals surface area contributed by atoms with Crippen LogP contribution in [0.4, 0.5) is 4.39 Å². The van der Waals surface area contributed by atoms with E-state index >= 15 is 0 Å². The Kier molecular flexibility index (Phi) is 3.03. The maximum atomic E-state index is 13.5. The van der Waals surface area contributed by atoms with Gasteiger partial charge in [-0.2, -0.15) is 0 Å². The van der Waals surface area contributed by atoms with Crippen LogP contribution >= 0.6 is 11.8 Å². The Balaban J connectivity index is 2.34. The first kappa shape index (κ1) is 10.2. The number of aliphatic hydroxyl groups excluding tert-OH is 1. The number of nitrogens with zero attached hydrogens (tertiary/aromatic N) is 1. The molecule has 0 saturated carbocycles. The van der Waals surface area contributed by atoms with Crippen LogP contribution in [-0.2, 0) is 6.61 Å². The molecule has 0 atom stereocenters. The van der Waals surface area contributed by atoms with Gasteiger partial charge in [0, 0.05) is 12.4 Å². The van der Waals surface area contributed by atoms with Gasteiger partial charge in [0.1, 0.15) is 5.82 Å². The molecule has 0 bridgehead atoms. The summed E-state index contributed by atoms with van der Waals surface area (Å²) in [5.41, 5.74) is 0.566. The first-order valence-corrected chi connectivity index (χ1v) is 5.18. The van der Waals surface area contributed by atoms with Gasteiger partial charge in [0.2, 0.25) is 0 Å². The Morgan fingerprint density at radius 2 is 2.33 bits per heavy atom. The van der Waals surface area contributed by atoms with E-state index in [0.717, 1.165) is 0 Å². The molecule has 5 heteroatoms. The molecule has 2 rings (SSSR count). The highest BCUT2D eigenvalue weighted by Crippen LogP contribution is 2.30. The molecule has 0 aliphatic rings. The zero-order valence-electron chi connectivity index (χ0n) is 7.77. The summed E-state index contributed by atoms with van der Waals surface area (Å²) in [6.07, 6.45) is 3.27. The van der Waals surface area contributed by atoms with E-state index < -0.39 is 0 Å². The van der Waals surface area contributed by atoms with Crippen molar-refractivity contribution in [2.45, 2.75) is 16.7 Å². The van der Waals surface area contributed by atoms with Gasteiger partial charge < -0.3 is 10.1 Å². The van der Waals surface area contributed by atoms with Crippen LogP contribution in [0, 0.1) is 5.82 Å². The Morgan fingerprint density at radius 3 is 3.00 bits per heavy atom. The Labute approximate surface area is 90.4 Å². The SMILES string of the molecule is OCc1cccc(F)c1Sc1ncc[nH]1. The van der Waals surface area contributed by atoms with Gasteiger partial charge in [0.25, 0.3) is 0 Å². The molecule has 2 N–H and O–H groups in total. The standard InChI is InChI=1S/C10H9FN2OS/c11-8-3-1-2-7(6-14)9(8)15-10-12-4-5-13-10/h1-5,14H,6H2,(H,12,13). The molecular weight excluding hydrogens is 215 g/mol. The van der Waals surface area contributed by atoms with Crippen molar-refractivity contribution in [3.8, 4) is 0 Å². The van der Waals surface area contributed by atoms with Crippen LogP contribution < -0.4 is 0 Å². The second-order valence-corrected chi connectivity index (χ2v) is 3.88. The summed E-state index contributed by atoms with van der Waals surface area (Å²) in [7, 11) is 0. The molecule has 1 aromatic carbocycles. The lowest BCUT2D eigenvalue weighted by molar-refractivity contribution is 0.277. The summed E-state index contributed by atoms with van der Waals surface area (Å²) in [5.74, 6) is -0.344. The molecule has 0 amide bonds. The molecule has 0 aliphatic carbocycles. The van der Waals surface area contributed by atoms with E-state index in [4.69, 9.17) is 5.11 Å². The van der Waals surface area contributed by atoms with E-state index in [1.54, 1.807) is 24.5 Å². The molecule has 0 saturated heterocycles. The molecule has 0 fully saturated rings. The summed E-state index contributed by atoms with van der Waals surface area (Å²) in [6, 6.07) is 4.63. The number of aliphatic hydroxyl groups is 1. The van der Waals surface area contributed by atoms with Crippen LogP contribution in [0.1, 0.15) is 5.56 Å². The lowest BCUT2D eigenvalue weighted by atomic mass is 10.2. The third-order valence-electron chi connectivity index (χ3n) is 1.89. The fourth-order valence-corrected chi connectivity index (χ4v) is 2.06. The van der Waals surface area contributed by atoms with E-state index in [1.807, 2.05) is 0 Å². The number of imidazole rings is 1. The smallest absolute Gasteiger partial charge is 0.170 e. The fraction of sp³-hybridized carbons (Fsp3) is 0.100. The van der Waals surface area contributed by atoms with E-state index in [0.29, 0.717) is 15.6 Å². The van der Waals surface area contributed by atoms with Crippen molar-refractivity contribution in [2.75, 3.05) is 0 Å². The summed E-state index contributed by atoms with van der Waals surface area (Å²) in [6.45, 7) is -0.180. The monoisotopic (exact) mass is 224 g/mol. The lowest BCUT2D eigenvalue weighted by Crippen LogP contribution is -1.91. The number of hydrogen-bond acceptors (Lipinski definition) is 3. The number of halogens is 1. The van der Waals surface area contributed by atoms with Crippen molar-refractivity contribution in [1.82, 2.24) is 9.97 Å². The summed E-state index contributed by atoms with van der Waals surface area (Å²) < 4.78 is 13.5. The van der Waals surface area contributed by atoms with Crippen molar-refractivity contribution < 1.29 is 9.50 Å². The Bertz CT molecular complexity index is 445. The number of rotatable bonds is 3. The maximum absolute atomic E-state index is 13.5. The van der Waals surface area contributed by atoms with Crippen LogP contribution in [0.25, 0.3) is 0 Å². The molecule has 0 unspecified atom stereocenters. The van der Waals surface area contributed by atoms with Gasteiger partial charge in [-0.15, -0.1) is 0 Å². The van der Waals surface area contributed by atoms with Gasteiger partial charge in [-0.3, -0.25) is 0 Å². The van der Waals surface area contributed by atoms with E-state index in [9.17, 15) is 4.39 Å². The van der Waals surface area contributed by atoms with Gasteiger partial charge >= 0.3 is 0 Å². The number of aromatic amines is 1. The van der Waals surface area contributed by atoms with Crippen molar-refractivity contribution in [1.29, 1.82) is 0 Å². The predicted molar refractivity (Wildman–Crippen MR) is 55.0 cm³/mol. The number of H-pyrrole nitrogens is 1. The van der Waals surface area contributed by atoms with Gasteiger partial charge in [-0.05, 0) is 23.4 Å². The van der Waals surface area contributed by atoms with Crippen LogP contribution in [-0.4, -0.2) is 15.1 Å². The molecule has 1 heterocycles. The molecule has 0 aliphatic heterocycles. The third kappa shape index (κ3) is 2.19. The molecular formula is C10H9FN2OS. The largest absolute Gasteiger partial charge is 0.392 e. The highest BCUT2D eigenvalue weighted by atomic mass is 32.2. The maximum Gasteiger partial charge on any atom is 0.170 e. The normalized spacial score (nSPS) is 10.5. The summed E-state index contributed by atoms with van der Waals surface area (Å²) in [5, 5.41) is 9.67. The lowest BCUT2D eigenvalue weighted by Gasteiger charge is -2.05. The van der Waals surface area contributed by atoms with Crippen LogP contribution in [0.3, 0.4) is 0 Å². The molecule has 0 radical (unpaired) electrons. The second-order valence-electron chi connectivity index (χ2n) is 2.88. The first-order chi connectivity index (χ1) is 7.31. The number of hydrogen-bond donors (Lipinski definition) is 2. The van der Waals surface area contributed by atoms with Crippen molar-refractivity contribution >= 4 is 11.8 Å². The molecule has 1 aromatic heterocycles. The summed E-state index contributed by atoms with van der Waals surface area (Å²) >= 11 is 1.17. The van der Waals surface area contributed by atoms with Gasteiger partial charge in [0.05, 0.1) is 11.5 Å². The number of benzene rings is 1. The summed E-state index contributed by atoms with van der Waals surface area (Å²) in [4.78, 5) is 7.27. The first-order valence-electron chi connectivity index (χ1n) is 4.36. The zero-order valence-corrected chi connectivity index (χ0v) is 8.59. The van der Waals surface area contributed by atoms with Gasteiger partial charge in [0.15, 0.2) is 5.16 Å². The highest BCUT2D eigenvalue weighted by Gasteiger charge is 2.10. The third-order valence-corrected chi connectivity index (χ3v) is 2.97. The Hall–Kier alpha value is -1.33. The quantitative estimate of drug-likeness (QED) is 0.840. The zero-order chi connectivity index (χ0) is 10.7. The molecule has 0 spiro atoms. The van der Waals surface area contributed by atoms with E-state index in [1.165, 1.54) is 17.8 Å². The average Bonchev–Trinajstić information content (AvgIpc) is 2.74. The van der Waals surface area contributed by atoms with E-state index in [-0.39, 0.29) is 12.4 Å². The molecule has 3 nitrogen and oxygen atoms in total. The van der Waals surface area contributed by atoms with E-state index in [2.05, 4.69) is 9.97 Å². The van der Waals surface area contributed by atoms with Gasteiger partial charge in [-0.25, -0.2) is 9.37 Å². The highest BCUT2D eigenvalue weighted by molar-refractivity contribution is 7.99. The molecule has 2 aromatic rings. The minimum atomic E-state index is -0.344. The minimum absolute atomic E-state index is 0.180. The molecule has 78 valence electrons. The second kappa shape index (κ2) is 4.46. The number of aromatic nitrogens is 2. The average molecular weight is 224 g/mol. The van der Waals surface area contributed by atoms with Crippen LogP contribution in [0.15, 0.2) is 40.6 Å². The van der Waals surface area contributed by atoms with Gasteiger partial charge in [-0.1, -0.05) is 12.1 Å².